The first-order valence-electron chi connectivity index (χ1n) is 16.8. The Kier molecular flexibility index (Phi) is 5.83. The van der Waals surface area contributed by atoms with Crippen molar-refractivity contribution in [2.75, 3.05) is 4.90 Å². The second kappa shape index (κ2) is 10.6. The van der Waals surface area contributed by atoms with Crippen LogP contribution in [0.2, 0.25) is 0 Å². The molecule has 50 heavy (non-hydrogen) atoms. The molecule has 0 radical (unpaired) electrons. The molecule has 234 valence electrons. The maximum absolute atomic E-state index is 6.36. The van der Waals surface area contributed by atoms with Crippen molar-refractivity contribution in [3.8, 4) is 11.1 Å². The minimum Gasteiger partial charge on any atom is -0.456 e. The van der Waals surface area contributed by atoms with E-state index in [4.69, 9.17) is 8.83 Å². The van der Waals surface area contributed by atoms with E-state index >= 15 is 0 Å². The topological polar surface area (TPSA) is 29.5 Å². The van der Waals surface area contributed by atoms with Crippen molar-refractivity contribution in [2.24, 2.45) is 0 Å². The van der Waals surface area contributed by atoms with Crippen LogP contribution in [0.3, 0.4) is 0 Å². The Morgan fingerprint density at radius 2 is 0.980 bits per heavy atom. The molecule has 0 fully saturated rings. The lowest BCUT2D eigenvalue weighted by Gasteiger charge is -2.26. The number of furan rings is 2. The van der Waals surface area contributed by atoms with E-state index in [1.54, 1.807) is 0 Å². The molecule has 0 amide bonds. The van der Waals surface area contributed by atoms with Gasteiger partial charge in [0.2, 0.25) is 0 Å². The largest absolute Gasteiger partial charge is 0.456 e. The molecular weight excluding hydrogens is 631 g/mol. The highest BCUT2D eigenvalue weighted by Gasteiger charge is 2.18. The summed E-state index contributed by atoms with van der Waals surface area (Å²) in [5.74, 6) is 0. The maximum Gasteiger partial charge on any atom is 0.137 e. The predicted octanol–water partition coefficient (Wildman–Crippen LogP) is 14.1. The van der Waals surface area contributed by atoms with Gasteiger partial charge in [-0.2, -0.15) is 0 Å². The van der Waals surface area contributed by atoms with Crippen molar-refractivity contribution in [1.29, 1.82) is 0 Å². The Balaban J connectivity index is 1.04. The zero-order valence-corrected chi connectivity index (χ0v) is 27.6. The molecule has 0 atom stereocenters. The predicted molar refractivity (Wildman–Crippen MR) is 212 cm³/mol. The number of nitrogens with zero attached hydrogens (tertiary/aromatic N) is 1. The maximum atomic E-state index is 6.36. The SMILES string of the molecule is c1ccc2c(c1)oc1cc(N(c3ccc(-c4ccc5c(ccc6oc7ccccc7c65)c4)cc3)c3ccc4sc5ccccc5c4c3)ccc12. The van der Waals surface area contributed by atoms with Crippen LogP contribution in [0, 0.1) is 0 Å². The van der Waals surface area contributed by atoms with Gasteiger partial charge >= 0.3 is 0 Å². The smallest absolute Gasteiger partial charge is 0.137 e. The minimum atomic E-state index is 0.878. The third-order valence-corrected chi connectivity index (χ3v) is 11.2. The number of para-hydroxylation sites is 2. The number of hydrogen-bond donors (Lipinski definition) is 0. The molecule has 0 unspecified atom stereocenters. The molecule has 0 aliphatic carbocycles. The number of anilines is 3. The van der Waals surface area contributed by atoms with Gasteiger partial charge in [-0.1, -0.05) is 84.9 Å². The van der Waals surface area contributed by atoms with Crippen molar-refractivity contribution in [1.82, 2.24) is 0 Å². The monoisotopic (exact) mass is 657 g/mol. The molecule has 0 aliphatic heterocycles. The van der Waals surface area contributed by atoms with Crippen LogP contribution >= 0.6 is 11.3 Å². The average Bonchev–Trinajstić information content (AvgIpc) is 3.86. The summed E-state index contributed by atoms with van der Waals surface area (Å²) in [6.07, 6.45) is 0. The fraction of sp³-hybridized carbons (Fsp3) is 0. The van der Waals surface area contributed by atoms with Crippen LogP contribution in [-0.2, 0) is 0 Å². The standard InChI is InChI=1S/C46H27NO2S/c1-4-10-40-35(7-1)36-22-19-33(27-43(36)49-40)47(32-20-24-45-39(26-32)37-8-3-6-12-44(37)50-45)31-17-13-28(14-18-31)29-15-21-34-30(25-29)16-23-42-46(34)38-9-2-5-11-41(38)48-42/h1-27H. The van der Waals surface area contributed by atoms with Gasteiger partial charge in [0.1, 0.15) is 22.3 Å². The lowest BCUT2D eigenvalue weighted by atomic mass is 9.98. The second-order valence-electron chi connectivity index (χ2n) is 12.9. The summed E-state index contributed by atoms with van der Waals surface area (Å²) in [6, 6.07) is 58.5. The van der Waals surface area contributed by atoms with Crippen LogP contribution in [-0.4, -0.2) is 0 Å². The highest BCUT2D eigenvalue weighted by Crippen LogP contribution is 2.43. The van der Waals surface area contributed by atoms with Gasteiger partial charge < -0.3 is 13.7 Å². The summed E-state index contributed by atoms with van der Waals surface area (Å²) >= 11 is 1.84. The highest BCUT2D eigenvalue weighted by atomic mass is 32.1. The van der Waals surface area contributed by atoms with E-state index in [0.29, 0.717) is 0 Å². The number of hydrogen-bond acceptors (Lipinski definition) is 4. The minimum absolute atomic E-state index is 0.878. The van der Waals surface area contributed by atoms with Crippen molar-refractivity contribution in [2.45, 2.75) is 0 Å². The molecule has 0 spiro atoms. The van der Waals surface area contributed by atoms with Crippen LogP contribution in [0.4, 0.5) is 17.1 Å². The zero-order chi connectivity index (χ0) is 32.8. The van der Waals surface area contributed by atoms with Gasteiger partial charge in [0, 0.05) is 64.8 Å². The average molecular weight is 658 g/mol. The molecule has 0 saturated carbocycles. The molecule has 4 heteroatoms. The van der Waals surface area contributed by atoms with Crippen LogP contribution in [0.15, 0.2) is 173 Å². The quantitative estimate of drug-likeness (QED) is 0.189. The summed E-state index contributed by atoms with van der Waals surface area (Å²) in [7, 11) is 0. The normalized spacial score (nSPS) is 12.0. The molecule has 11 aromatic rings. The van der Waals surface area contributed by atoms with E-state index in [0.717, 1.165) is 55.6 Å². The van der Waals surface area contributed by atoms with Gasteiger partial charge in [0.25, 0.3) is 0 Å². The molecule has 0 bridgehead atoms. The fourth-order valence-corrected chi connectivity index (χ4v) is 8.78. The molecule has 3 heterocycles. The summed E-state index contributed by atoms with van der Waals surface area (Å²) < 4.78 is 15.1. The van der Waals surface area contributed by atoms with E-state index in [2.05, 4.69) is 144 Å². The van der Waals surface area contributed by atoms with Crippen LogP contribution in [0.1, 0.15) is 0 Å². The van der Waals surface area contributed by atoms with Crippen LogP contribution in [0.5, 0.6) is 0 Å². The zero-order valence-electron chi connectivity index (χ0n) is 26.8. The van der Waals surface area contributed by atoms with E-state index in [1.807, 2.05) is 35.6 Å². The van der Waals surface area contributed by atoms with Crippen molar-refractivity contribution in [3.63, 3.8) is 0 Å². The molecule has 8 aromatic carbocycles. The van der Waals surface area contributed by atoms with E-state index in [1.165, 1.54) is 47.5 Å². The Hall–Kier alpha value is -6.36. The fourth-order valence-electron chi connectivity index (χ4n) is 7.69. The van der Waals surface area contributed by atoms with Crippen molar-refractivity contribution >= 4 is 103 Å². The summed E-state index contributed by atoms with van der Waals surface area (Å²) in [5.41, 5.74) is 9.20. The Labute approximate surface area is 290 Å². The van der Waals surface area contributed by atoms with E-state index in [-0.39, 0.29) is 0 Å². The van der Waals surface area contributed by atoms with Gasteiger partial charge in [-0.05, 0) is 94.7 Å². The molecular formula is C46H27NO2S. The first kappa shape index (κ1) is 27.6. The highest BCUT2D eigenvalue weighted by molar-refractivity contribution is 7.25. The Bertz CT molecular complexity index is 3110. The van der Waals surface area contributed by atoms with Gasteiger partial charge in [0.05, 0.1) is 0 Å². The Morgan fingerprint density at radius 3 is 1.86 bits per heavy atom. The van der Waals surface area contributed by atoms with Crippen molar-refractivity contribution < 1.29 is 8.83 Å². The first-order chi connectivity index (χ1) is 24.7. The summed E-state index contributed by atoms with van der Waals surface area (Å²) in [5, 5.41) is 9.54. The second-order valence-corrected chi connectivity index (χ2v) is 14.0. The molecule has 3 aromatic heterocycles. The van der Waals surface area contributed by atoms with Gasteiger partial charge in [-0.25, -0.2) is 0 Å². The van der Waals surface area contributed by atoms with Gasteiger partial charge in [0.15, 0.2) is 0 Å². The third kappa shape index (κ3) is 4.16. The molecule has 0 N–H and O–H groups in total. The Morgan fingerprint density at radius 1 is 0.360 bits per heavy atom. The number of benzene rings is 8. The van der Waals surface area contributed by atoms with Gasteiger partial charge in [-0.15, -0.1) is 11.3 Å². The molecule has 3 nitrogen and oxygen atoms in total. The number of thiophene rings is 1. The number of rotatable bonds is 4. The van der Waals surface area contributed by atoms with E-state index in [9.17, 15) is 0 Å². The molecule has 0 aliphatic rings. The molecule has 11 rings (SSSR count). The summed E-state index contributed by atoms with van der Waals surface area (Å²) in [4.78, 5) is 2.34. The van der Waals surface area contributed by atoms with E-state index < -0.39 is 0 Å². The lowest BCUT2D eigenvalue weighted by Crippen LogP contribution is -2.09. The summed E-state index contributed by atoms with van der Waals surface area (Å²) in [6.45, 7) is 0. The first-order valence-corrected chi connectivity index (χ1v) is 17.6. The van der Waals surface area contributed by atoms with Crippen LogP contribution in [0.25, 0.3) is 85.9 Å². The number of fused-ring (bicyclic) bond motifs is 11. The van der Waals surface area contributed by atoms with Gasteiger partial charge in [-0.3, -0.25) is 0 Å². The molecule has 0 saturated heterocycles. The van der Waals surface area contributed by atoms with Crippen LogP contribution < -0.4 is 4.90 Å². The van der Waals surface area contributed by atoms with Crippen molar-refractivity contribution in [3.05, 3.63) is 164 Å². The lowest BCUT2D eigenvalue weighted by molar-refractivity contribution is 0.668. The third-order valence-electron chi connectivity index (χ3n) is 10.1.